The predicted octanol–water partition coefficient (Wildman–Crippen LogP) is 1.66. The molecular weight excluding hydrogens is 330 g/mol. The summed E-state index contributed by atoms with van der Waals surface area (Å²) in [5, 5.41) is 0. The van der Waals surface area contributed by atoms with Crippen LogP contribution < -0.4 is 0 Å². The van der Waals surface area contributed by atoms with E-state index in [0.717, 1.165) is 4.47 Å². The quantitative estimate of drug-likeness (QED) is 0.741. The summed E-state index contributed by atoms with van der Waals surface area (Å²) in [6, 6.07) is 8.35. The van der Waals surface area contributed by atoms with Gasteiger partial charge in [-0.2, -0.15) is 0 Å². The van der Waals surface area contributed by atoms with Gasteiger partial charge in [0, 0.05) is 0 Å². The number of rotatable bonds is 2. The fourth-order valence-corrected chi connectivity index (χ4v) is 1.50. The second-order valence-electron chi connectivity index (χ2n) is 2.71. The van der Waals surface area contributed by atoms with Crippen LogP contribution in [-0.4, -0.2) is 44.5 Å². The molecule has 0 atom stereocenters. The maximum atomic E-state index is 3.41. The van der Waals surface area contributed by atoms with E-state index in [0.29, 0.717) is 0 Å². The molecule has 1 nitrogen and oxygen atoms in total. The molecule has 12 heavy (non-hydrogen) atoms. The van der Waals surface area contributed by atoms with Gasteiger partial charge in [-0.25, -0.2) is 0 Å². The summed E-state index contributed by atoms with van der Waals surface area (Å²) in [4.78, 5) is 2.12. The third-order valence-corrected chi connectivity index (χ3v) is 3.74. The molecule has 0 aromatic heterocycles. The molecule has 0 bridgehead atoms. The van der Waals surface area contributed by atoms with E-state index in [9.17, 15) is 0 Å². The molecule has 0 heterocycles. The first-order chi connectivity index (χ1) is 5.61. The van der Waals surface area contributed by atoms with Crippen molar-refractivity contribution in [3.8, 4) is 0 Å². The fraction of sp³-hybridized carbons (Fsp3) is 0.222. The summed E-state index contributed by atoms with van der Waals surface area (Å²) in [5.41, 5.74) is 1.27. The third-order valence-electron chi connectivity index (χ3n) is 1.50. The van der Waals surface area contributed by atoms with Gasteiger partial charge in [-0.3, -0.25) is 0 Å². The van der Waals surface area contributed by atoms with Crippen molar-refractivity contribution in [2.24, 2.45) is 0 Å². The molecule has 0 radical (unpaired) electrons. The number of halogens is 1. The first-order valence-electron chi connectivity index (χ1n) is 3.58. The van der Waals surface area contributed by atoms with E-state index in [4.69, 9.17) is 0 Å². The van der Waals surface area contributed by atoms with E-state index < -0.39 is 0 Å². The number of hydrogen-bond acceptors (Lipinski definition) is 1. The monoisotopic (exact) mass is 341 g/mol. The minimum atomic E-state index is 1.12. The standard InChI is InChI=1S/C9H10BrNTe/c1-11(2)9(12)7-3-5-8(10)6-4-7/h3-6H,1-2H3. The van der Waals surface area contributed by atoms with Gasteiger partial charge < -0.3 is 0 Å². The Morgan fingerprint density at radius 1 is 1.25 bits per heavy atom. The van der Waals surface area contributed by atoms with Gasteiger partial charge in [0.2, 0.25) is 0 Å². The molecule has 0 amide bonds. The molecule has 1 aromatic rings. The molecule has 0 saturated carbocycles. The summed E-state index contributed by atoms with van der Waals surface area (Å²) in [6.07, 6.45) is 0. The van der Waals surface area contributed by atoms with Crippen molar-refractivity contribution in [1.82, 2.24) is 4.90 Å². The Morgan fingerprint density at radius 2 is 1.75 bits per heavy atom. The number of nitrogens with zero attached hydrogens (tertiary/aromatic N) is 1. The summed E-state index contributed by atoms with van der Waals surface area (Å²) < 4.78 is 2.41. The van der Waals surface area contributed by atoms with Crippen molar-refractivity contribution in [3.63, 3.8) is 0 Å². The van der Waals surface area contributed by atoms with Crippen LogP contribution >= 0.6 is 15.9 Å². The molecule has 3 heteroatoms. The second-order valence-corrected chi connectivity index (χ2v) is 4.73. The molecule has 0 unspecified atom stereocenters. The van der Waals surface area contributed by atoms with Crippen molar-refractivity contribution in [2.75, 3.05) is 14.1 Å². The first-order valence-corrected chi connectivity index (χ1v) is 5.54. The summed E-state index contributed by atoms with van der Waals surface area (Å²) in [5.74, 6) is 0. The first kappa shape index (κ1) is 10.2. The average molecular weight is 340 g/mol. The Labute approximate surface area is 94.3 Å². The topological polar surface area (TPSA) is 3.24 Å². The van der Waals surface area contributed by atoms with Gasteiger partial charge in [0.15, 0.2) is 0 Å². The molecule has 0 aliphatic heterocycles. The van der Waals surface area contributed by atoms with E-state index >= 15 is 0 Å². The molecule has 0 aliphatic rings. The van der Waals surface area contributed by atoms with Crippen molar-refractivity contribution in [2.45, 2.75) is 0 Å². The molecule has 1 aromatic carbocycles. The van der Waals surface area contributed by atoms with Gasteiger partial charge in [0.05, 0.1) is 0 Å². The van der Waals surface area contributed by atoms with Crippen LogP contribution in [0.25, 0.3) is 0 Å². The van der Waals surface area contributed by atoms with E-state index in [-0.39, 0.29) is 0 Å². The van der Waals surface area contributed by atoms with Gasteiger partial charge in [0.1, 0.15) is 0 Å². The van der Waals surface area contributed by atoms with Crippen molar-refractivity contribution >= 4 is 41.4 Å². The SMILES string of the molecule is CN(C)C(=[Te])c1ccc(Br)cc1. The van der Waals surface area contributed by atoms with E-state index in [1.807, 2.05) is 21.8 Å². The number of benzene rings is 1. The Kier molecular flexibility index (Phi) is 3.76. The summed E-state index contributed by atoms with van der Waals surface area (Å²) in [6.45, 7) is 0. The van der Waals surface area contributed by atoms with Crippen LogP contribution in [0.2, 0.25) is 0 Å². The third kappa shape index (κ3) is 2.58. The van der Waals surface area contributed by atoms with E-state index in [1.165, 1.54) is 9.24 Å². The zero-order valence-electron chi connectivity index (χ0n) is 7.04. The minimum absolute atomic E-state index is 1.12. The normalized spacial score (nSPS) is 9.58. The maximum absolute atomic E-state index is 3.41. The molecule has 0 fully saturated rings. The zero-order chi connectivity index (χ0) is 9.14. The number of hydrogen-bond donors (Lipinski definition) is 0. The summed E-state index contributed by atoms with van der Waals surface area (Å²) >= 11 is 5.45. The molecule has 1 rings (SSSR count). The van der Waals surface area contributed by atoms with Gasteiger partial charge in [0.25, 0.3) is 0 Å². The van der Waals surface area contributed by atoms with Crippen molar-refractivity contribution in [3.05, 3.63) is 34.3 Å². The Bertz CT molecular complexity index is 279. The molecule has 0 N–H and O–H groups in total. The van der Waals surface area contributed by atoms with Crippen LogP contribution in [0.5, 0.6) is 0 Å². The average Bonchev–Trinajstić information content (AvgIpc) is 2.04. The van der Waals surface area contributed by atoms with E-state index in [2.05, 4.69) is 59.2 Å². The van der Waals surface area contributed by atoms with Gasteiger partial charge >= 0.3 is 94.7 Å². The molecule has 0 spiro atoms. The van der Waals surface area contributed by atoms with Crippen molar-refractivity contribution in [1.29, 1.82) is 0 Å². The van der Waals surface area contributed by atoms with Crippen LogP contribution in [0, 0.1) is 0 Å². The Morgan fingerprint density at radius 3 is 2.17 bits per heavy atom. The molecular formula is C9H10BrNTe. The molecule has 0 saturated heterocycles. The predicted molar refractivity (Wildman–Crippen MR) is 57.7 cm³/mol. The Balaban J connectivity index is 2.90. The van der Waals surface area contributed by atoms with Gasteiger partial charge in [-0.1, -0.05) is 0 Å². The van der Waals surface area contributed by atoms with Crippen LogP contribution in [0.15, 0.2) is 28.7 Å². The zero-order valence-corrected chi connectivity index (χ0v) is 11.0. The Hall–Kier alpha value is 0.160. The summed E-state index contributed by atoms with van der Waals surface area (Å²) in [7, 11) is 4.11. The van der Waals surface area contributed by atoms with E-state index in [1.54, 1.807) is 0 Å². The fourth-order valence-electron chi connectivity index (χ4n) is 0.851. The van der Waals surface area contributed by atoms with Crippen molar-refractivity contribution < 1.29 is 0 Å². The molecule has 64 valence electrons. The van der Waals surface area contributed by atoms with Gasteiger partial charge in [-0.15, -0.1) is 0 Å². The van der Waals surface area contributed by atoms with Crippen LogP contribution in [0.4, 0.5) is 0 Å². The second kappa shape index (κ2) is 4.41. The van der Waals surface area contributed by atoms with Crippen LogP contribution in [-0.2, 0) is 0 Å². The van der Waals surface area contributed by atoms with Gasteiger partial charge in [-0.05, 0) is 0 Å². The van der Waals surface area contributed by atoms with Crippen LogP contribution in [0.1, 0.15) is 5.56 Å². The molecule has 0 aliphatic carbocycles. The van der Waals surface area contributed by atoms with Crippen LogP contribution in [0.3, 0.4) is 0 Å².